The van der Waals surface area contributed by atoms with Crippen molar-refractivity contribution in [3.05, 3.63) is 76.5 Å². The Morgan fingerprint density at radius 1 is 1.10 bits per heavy atom. The molecular formula is C28H29FN4O7. The predicted molar refractivity (Wildman–Crippen MR) is 143 cm³/mol. The summed E-state index contributed by atoms with van der Waals surface area (Å²) in [6, 6.07) is 10.5. The number of phenols is 1. The van der Waals surface area contributed by atoms with Crippen molar-refractivity contribution in [2.24, 2.45) is 0 Å². The van der Waals surface area contributed by atoms with Crippen LogP contribution in [-0.4, -0.2) is 49.9 Å². The van der Waals surface area contributed by atoms with Crippen LogP contribution in [0.4, 0.5) is 14.9 Å². The van der Waals surface area contributed by atoms with Crippen LogP contribution in [0.25, 0.3) is 11.4 Å². The molecule has 0 fully saturated rings. The Morgan fingerprint density at radius 3 is 2.38 bits per heavy atom. The molecule has 1 unspecified atom stereocenters. The van der Waals surface area contributed by atoms with Crippen LogP contribution in [0.1, 0.15) is 33.3 Å². The molecule has 0 spiro atoms. The molecule has 3 rings (SSSR count). The van der Waals surface area contributed by atoms with Crippen molar-refractivity contribution < 1.29 is 33.4 Å². The fourth-order valence-corrected chi connectivity index (χ4v) is 3.71. The van der Waals surface area contributed by atoms with Crippen LogP contribution < -0.4 is 16.2 Å². The average Bonchev–Trinajstić information content (AvgIpc) is 2.87. The molecule has 0 aliphatic carbocycles. The number of ketones is 2. The van der Waals surface area contributed by atoms with Gasteiger partial charge in [-0.2, -0.15) is 0 Å². The lowest BCUT2D eigenvalue weighted by Gasteiger charge is -2.20. The third kappa shape index (κ3) is 7.82. The van der Waals surface area contributed by atoms with Crippen molar-refractivity contribution in [3.63, 3.8) is 0 Å². The van der Waals surface area contributed by atoms with Gasteiger partial charge in [0.05, 0.1) is 12.2 Å². The Morgan fingerprint density at radius 2 is 1.77 bits per heavy atom. The second-order valence-corrected chi connectivity index (χ2v) is 9.91. The lowest BCUT2D eigenvalue weighted by Crippen LogP contribution is -2.47. The standard InChI is InChI=1S/C28H29FN4O7/c1-16(34)24(37)20(13-17-10-11-22(35)19(29)12-17)31-23(36)15-33-25(18-8-6-5-7-9-18)30-14-21(26(33)38)32-27(39)40-28(2,3)4/h5-12,14,20,35H,13,15H2,1-4H3,(H,31,36)(H,32,39). The van der Waals surface area contributed by atoms with Crippen molar-refractivity contribution >= 4 is 29.3 Å². The van der Waals surface area contributed by atoms with Crippen LogP contribution in [0.15, 0.2) is 59.5 Å². The lowest BCUT2D eigenvalue weighted by atomic mass is 10.00. The highest BCUT2D eigenvalue weighted by Crippen LogP contribution is 2.19. The second kappa shape index (κ2) is 12.3. The fourth-order valence-electron chi connectivity index (χ4n) is 3.71. The molecular weight excluding hydrogens is 523 g/mol. The number of amides is 2. The smallest absolute Gasteiger partial charge is 0.412 e. The summed E-state index contributed by atoms with van der Waals surface area (Å²) >= 11 is 0. The minimum absolute atomic E-state index is 0.102. The maximum Gasteiger partial charge on any atom is 0.412 e. The SMILES string of the molecule is CC(=O)C(=O)C(Cc1ccc(O)c(F)c1)NC(=O)Cn1c(-c2ccccc2)ncc(NC(=O)OC(C)(C)C)c1=O. The van der Waals surface area contributed by atoms with Gasteiger partial charge in [0, 0.05) is 18.9 Å². The first kappa shape index (κ1) is 29.7. The molecule has 1 heterocycles. The molecule has 0 radical (unpaired) electrons. The Hall–Kier alpha value is -4.87. The van der Waals surface area contributed by atoms with E-state index in [2.05, 4.69) is 15.6 Å². The van der Waals surface area contributed by atoms with Crippen LogP contribution in [-0.2, 0) is 32.1 Å². The number of hydrogen-bond donors (Lipinski definition) is 3. The van der Waals surface area contributed by atoms with Crippen molar-refractivity contribution in [1.82, 2.24) is 14.9 Å². The zero-order valence-electron chi connectivity index (χ0n) is 22.4. The molecule has 210 valence electrons. The Kier molecular flexibility index (Phi) is 9.15. The third-order valence-corrected chi connectivity index (χ3v) is 5.47. The Balaban J connectivity index is 1.94. The number of hydrogen-bond acceptors (Lipinski definition) is 8. The summed E-state index contributed by atoms with van der Waals surface area (Å²) in [5.41, 5.74) is -1.13. The molecule has 0 aliphatic heterocycles. The number of aromatic nitrogens is 2. The number of carbonyl (C=O) groups excluding carboxylic acids is 4. The predicted octanol–water partition coefficient (Wildman–Crippen LogP) is 2.99. The van der Waals surface area contributed by atoms with E-state index in [0.29, 0.717) is 5.56 Å². The normalized spacial score (nSPS) is 11.8. The minimum Gasteiger partial charge on any atom is -0.505 e. The fraction of sp³-hybridized carbons (Fsp3) is 0.286. The van der Waals surface area contributed by atoms with E-state index in [1.807, 2.05) is 0 Å². The van der Waals surface area contributed by atoms with Gasteiger partial charge < -0.3 is 15.2 Å². The van der Waals surface area contributed by atoms with Gasteiger partial charge in [0.25, 0.3) is 5.56 Å². The van der Waals surface area contributed by atoms with Gasteiger partial charge in [-0.25, -0.2) is 14.2 Å². The summed E-state index contributed by atoms with van der Waals surface area (Å²) in [5.74, 6) is -4.02. The highest BCUT2D eigenvalue weighted by molar-refractivity contribution is 6.38. The molecule has 3 N–H and O–H groups in total. The molecule has 0 saturated carbocycles. The van der Waals surface area contributed by atoms with Crippen LogP contribution in [0.2, 0.25) is 0 Å². The first-order valence-corrected chi connectivity index (χ1v) is 12.2. The molecule has 12 heteroatoms. The Labute approximate surface area is 229 Å². The van der Waals surface area contributed by atoms with E-state index in [0.717, 1.165) is 29.8 Å². The second-order valence-electron chi connectivity index (χ2n) is 9.91. The van der Waals surface area contributed by atoms with Crippen LogP contribution in [0.5, 0.6) is 5.75 Å². The lowest BCUT2D eigenvalue weighted by molar-refractivity contribution is -0.137. The highest BCUT2D eigenvalue weighted by Gasteiger charge is 2.26. The number of nitrogens with one attached hydrogen (secondary N) is 2. The number of aromatic hydroxyl groups is 1. The van der Waals surface area contributed by atoms with Crippen molar-refractivity contribution in [1.29, 1.82) is 0 Å². The number of halogens is 1. The number of benzene rings is 2. The van der Waals surface area contributed by atoms with E-state index in [1.165, 1.54) is 6.07 Å². The zero-order chi connectivity index (χ0) is 29.6. The van der Waals surface area contributed by atoms with Crippen molar-refractivity contribution in [2.45, 2.75) is 52.3 Å². The summed E-state index contributed by atoms with van der Waals surface area (Å²) in [4.78, 5) is 67.5. The van der Waals surface area contributed by atoms with Gasteiger partial charge in [0.1, 0.15) is 23.7 Å². The summed E-state index contributed by atoms with van der Waals surface area (Å²) in [6.45, 7) is 5.35. The van der Waals surface area contributed by atoms with Crippen molar-refractivity contribution in [3.8, 4) is 17.1 Å². The van der Waals surface area contributed by atoms with Crippen LogP contribution >= 0.6 is 0 Å². The van der Waals surface area contributed by atoms with Gasteiger partial charge >= 0.3 is 6.09 Å². The first-order chi connectivity index (χ1) is 18.7. The molecule has 1 aromatic heterocycles. The number of anilines is 1. The average molecular weight is 553 g/mol. The molecule has 3 aromatic rings. The first-order valence-electron chi connectivity index (χ1n) is 12.2. The molecule has 2 aromatic carbocycles. The number of rotatable bonds is 9. The van der Waals surface area contributed by atoms with Crippen molar-refractivity contribution in [2.75, 3.05) is 5.32 Å². The number of carbonyl (C=O) groups is 4. The van der Waals surface area contributed by atoms with Gasteiger partial charge in [0.15, 0.2) is 17.3 Å². The number of phenolic OH excluding ortho intramolecular Hbond substituents is 1. The van der Waals surface area contributed by atoms with E-state index < -0.39 is 58.9 Å². The topological polar surface area (TPSA) is 157 Å². The van der Waals surface area contributed by atoms with E-state index in [9.17, 15) is 33.5 Å². The van der Waals surface area contributed by atoms with Crippen LogP contribution in [0.3, 0.4) is 0 Å². The maximum absolute atomic E-state index is 13.8. The molecule has 0 aliphatic rings. The third-order valence-electron chi connectivity index (χ3n) is 5.47. The monoisotopic (exact) mass is 552 g/mol. The van der Waals surface area contributed by atoms with E-state index in [4.69, 9.17) is 4.74 Å². The molecule has 0 saturated heterocycles. The Bertz CT molecular complexity index is 1500. The van der Waals surface area contributed by atoms with Gasteiger partial charge in [-0.3, -0.25) is 29.1 Å². The molecule has 11 nitrogen and oxygen atoms in total. The number of ether oxygens (including phenoxy) is 1. The molecule has 40 heavy (non-hydrogen) atoms. The number of Topliss-reactive ketones (excluding diaryl/α,β-unsaturated/α-hetero) is 2. The van der Waals surface area contributed by atoms with Gasteiger partial charge in [0.2, 0.25) is 11.7 Å². The highest BCUT2D eigenvalue weighted by atomic mass is 19.1. The maximum atomic E-state index is 13.8. The van der Waals surface area contributed by atoms with E-state index in [1.54, 1.807) is 51.1 Å². The summed E-state index contributed by atoms with van der Waals surface area (Å²) in [6.07, 6.45) is -0.00632. The zero-order valence-corrected chi connectivity index (χ0v) is 22.4. The largest absolute Gasteiger partial charge is 0.505 e. The van der Waals surface area contributed by atoms with E-state index >= 15 is 0 Å². The molecule has 2 amide bonds. The van der Waals surface area contributed by atoms with E-state index in [-0.39, 0.29) is 23.5 Å². The molecule has 1 atom stereocenters. The minimum atomic E-state index is -1.37. The number of nitrogens with zero attached hydrogens (tertiary/aromatic N) is 2. The quantitative estimate of drug-likeness (QED) is 0.342. The molecule has 0 bridgehead atoms. The summed E-state index contributed by atoms with van der Waals surface area (Å²) in [7, 11) is 0. The van der Waals surface area contributed by atoms with Gasteiger partial charge in [-0.1, -0.05) is 36.4 Å². The van der Waals surface area contributed by atoms with Gasteiger partial charge in [-0.05, 0) is 38.5 Å². The summed E-state index contributed by atoms with van der Waals surface area (Å²) in [5, 5.41) is 14.2. The van der Waals surface area contributed by atoms with Crippen LogP contribution in [0, 0.1) is 5.82 Å². The van der Waals surface area contributed by atoms with Gasteiger partial charge in [-0.15, -0.1) is 0 Å². The summed E-state index contributed by atoms with van der Waals surface area (Å²) < 4.78 is 20.0.